The Labute approximate surface area is 202 Å². The van der Waals surface area contributed by atoms with Gasteiger partial charge in [-0.3, -0.25) is 9.69 Å². The number of carbonyl (C=O) groups excluding carboxylic acids is 2. The highest BCUT2D eigenvalue weighted by atomic mass is 32.2. The Bertz CT molecular complexity index is 1160. The standard InChI is InChI=1S/C23H28FN3O5S2/c1-32-23(29)21-18-5-3-2-4-6-19(18)33-22(21)25-20(28)15-26-11-13-27(14-12-26)34(30,31)17-9-7-16(24)8-10-17/h7-10H,2-6,11-15H2,1H3,(H,25,28). The second-order valence-corrected chi connectivity index (χ2v) is 11.5. The van der Waals surface area contributed by atoms with Crippen LogP contribution in [0.15, 0.2) is 29.2 Å². The summed E-state index contributed by atoms with van der Waals surface area (Å²) >= 11 is 1.45. The fraction of sp³-hybridized carbons (Fsp3) is 0.478. The number of thiophene rings is 1. The SMILES string of the molecule is COC(=O)c1c(NC(=O)CN2CCN(S(=O)(=O)c3ccc(F)cc3)CC2)sc2c1CCCCC2. The first-order valence-electron chi connectivity index (χ1n) is 11.3. The summed E-state index contributed by atoms with van der Waals surface area (Å²) < 4.78 is 45.0. The van der Waals surface area contributed by atoms with E-state index in [1.165, 1.54) is 34.9 Å². The molecule has 0 unspecified atom stereocenters. The van der Waals surface area contributed by atoms with E-state index in [1.807, 2.05) is 4.90 Å². The van der Waals surface area contributed by atoms with Crippen molar-refractivity contribution in [3.05, 3.63) is 46.1 Å². The van der Waals surface area contributed by atoms with Crippen LogP contribution in [-0.4, -0.2) is 69.3 Å². The van der Waals surface area contributed by atoms with Crippen molar-refractivity contribution in [3.63, 3.8) is 0 Å². The molecule has 1 saturated heterocycles. The van der Waals surface area contributed by atoms with Crippen LogP contribution in [0.3, 0.4) is 0 Å². The normalized spacial score (nSPS) is 17.6. The summed E-state index contributed by atoms with van der Waals surface area (Å²) in [7, 11) is -2.37. The van der Waals surface area contributed by atoms with Crippen LogP contribution in [0.4, 0.5) is 9.39 Å². The van der Waals surface area contributed by atoms with Crippen molar-refractivity contribution in [2.45, 2.75) is 37.0 Å². The maximum atomic E-state index is 13.1. The molecule has 11 heteroatoms. The van der Waals surface area contributed by atoms with E-state index in [1.54, 1.807) is 0 Å². The molecule has 0 atom stereocenters. The van der Waals surface area contributed by atoms with E-state index in [4.69, 9.17) is 4.74 Å². The minimum atomic E-state index is -3.71. The van der Waals surface area contributed by atoms with Crippen LogP contribution < -0.4 is 5.32 Å². The highest BCUT2D eigenvalue weighted by Gasteiger charge is 2.30. The monoisotopic (exact) mass is 509 g/mol. The van der Waals surface area contributed by atoms with E-state index in [-0.39, 0.29) is 30.4 Å². The number of carbonyl (C=O) groups is 2. The van der Waals surface area contributed by atoms with Crippen LogP contribution in [-0.2, 0) is 32.4 Å². The predicted molar refractivity (Wildman–Crippen MR) is 127 cm³/mol. The summed E-state index contributed by atoms with van der Waals surface area (Å²) in [5.74, 6) is -1.18. The van der Waals surface area contributed by atoms with E-state index < -0.39 is 21.8 Å². The fourth-order valence-corrected chi connectivity index (χ4v) is 7.12. The lowest BCUT2D eigenvalue weighted by molar-refractivity contribution is -0.117. The molecule has 1 aliphatic carbocycles. The fourth-order valence-electron chi connectivity index (χ4n) is 4.40. The number of ether oxygens (including phenoxy) is 1. The number of rotatable bonds is 6. The van der Waals surface area contributed by atoms with Crippen molar-refractivity contribution < 1.29 is 27.1 Å². The van der Waals surface area contributed by atoms with E-state index >= 15 is 0 Å². The number of amides is 1. The zero-order valence-electron chi connectivity index (χ0n) is 19.0. The molecule has 184 valence electrons. The Hall–Kier alpha value is -2.34. The van der Waals surface area contributed by atoms with Gasteiger partial charge in [0, 0.05) is 31.1 Å². The Kier molecular flexibility index (Phi) is 7.66. The number of benzene rings is 1. The predicted octanol–water partition coefficient (Wildman–Crippen LogP) is 2.89. The Balaban J connectivity index is 1.38. The Morgan fingerprint density at radius 3 is 2.41 bits per heavy atom. The number of piperazine rings is 1. The topological polar surface area (TPSA) is 96.0 Å². The van der Waals surface area contributed by atoms with Crippen LogP contribution >= 0.6 is 11.3 Å². The summed E-state index contributed by atoms with van der Waals surface area (Å²) in [5, 5.41) is 3.42. The molecular weight excluding hydrogens is 481 g/mol. The lowest BCUT2D eigenvalue weighted by Gasteiger charge is -2.33. The Morgan fingerprint density at radius 2 is 1.74 bits per heavy atom. The highest BCUT2D eigenvalue weighted by Crippen LogP contribution is 2.38. The molecule has 34 heavy (non-hydrogen) atoms. The first kappa shape index (κ1) is 24.8. The number of nitrogens with one attached hydrogen (secondary N) is 1. The summed E-state index contributed by atoms with van der Waals surface area (Å²) in [5.41, 5.74) is 1.46. The summed E-state index contributed by atoms with van der Waals surface area (Å²) in [4.78, 5) is 28.3. The zero-order chi connectivity index (χ0) is 24.3. The van der Waals surface area contributed by atoms with Gasteiger partial charge in [-0.25, -0.2) is 17.6 Å². The van der Waals surface area contributed by atoms with Crippen molar-refractivity contribution in [3.8, 4) is 0 Å². The lowest BCUT2D eigenvalue weighted by atomic mass is 10.1. The molecule has 0 bridgehead atoms. The van der Waals surface area contributed by atoms with Gasteiger partial charge in [-0.1, -0.05) is 6.42 Å². The lowest BCUT2D eigenvalue weighted by Crippen LogP contribution is -2.50. The molecule has 2 heterocycles. The van der Waals surface area contributed by atoms with Crippen LogP contribution in [0, 0.1) is 5.82 Å². The molecule has 4 rings (SSSR count). The number of anilines is 1. The van der Waals surface area contributed by atoms with Crippen molar-refractivity contribution in [2.75, 3.05) is 45.2 Å². The molecule has 1 N–H and O–H groups in total. The second-order valence-electron chi connectivity index (χ2n) is 8.44. The molecular formula is C23H28FN3O5S2. The number of halogens is 1. The molecule has 1 aromatic heterocycles. The largest absolute Gasteiger partial charge is 0.465 e. The molecule has 0 saturated carbocycles. The third kappa shape index (κ3) is 5.32. The van der Waals surface area contributed by atoms with E-state index in [9.17, 15) is 22.4 Å². The number of methoxy groups -OCH3 is 1. The number of aryl methyl sites for hydroxylation is 1. The van der Waals surface area contributed by atoms with E-state index in [0.717, 1.165) is 54.7 Å². The first-order valence-corrected chi connectivity index (χ1v) is 13.6. The van der Waals surface area contributed by atoms with Gasteiger partial charge >= 0.3 is 5.97 Å². The Morgan fingerprint density at radius 1 is 1.06 bits per heavy atom. The minimum Gasteiger partial charge on any atom is -0.465 e. The third-order valence-electron chi connectivity index (χ3n) is 6.21. The van der Waals surface area contributed by atoms with Crippen LogP contribution in [0.25, 0.3) is 0 Å². The van der Waals surface area contributed by atoms with Crippen molar-refractivity contribution in [2.24, 2.45) is 0 Å². The van der Waals surface area contributed by atoms with Gasteiger partial charge in [0.1, 0.15) is 10.8 Å². The molecule has 0 radical (unpaired) electrons. The number of hydrogen-bond acceptors (Lipinski definition) is 7. The summed E-state index contributed by atoms with van der Waals surface area (Å²) in [6, 6.07) is 4.76. The molecule has 2 aromatic rings. The van der Waals surface area contributed by atoms with Gasteiger partial charge in [0.15, 0.2) is 0 Å². The van der Waals surface area contributed by atoms with Gasteiger partial charge in [0.25, 0.3) is 0 Å². The molecule has 8 nitrogen and oxygen atoms in total. The maximum absolute atomic E-state index is 13.1. The molecule has 2 aliphatic rings. The quantitative estimate of drug-likeness (QED) is 0.475. The number of hydrogen-bond donors (Lipinski definition) is 1. The van der Waals surface area contributed by atoms with Crippen molar-refractivity contribution >= 4 is 38.2 Å². The molecule has 0 spiro atoms. The highest BCUT2D eigenvalue weighted by molar-refractivity contribution is 7.89. The van der Waals surface area contributed by atoms with Gasteiger partial charge in [0.05, 0.1) is 24.1 Å². The van der Waals surface area contributed by atoms with Crippen molar-refractivity contribution in [1.29, 1.82) is 0 Å². The van der Waals surface area contributed by atoms with Gasteiger partial charge in [-0.15, -0.1) is 11.3 Å². The van der Waals surface area contributed by atoms with Gasteiger partial charge in [-0.05, 0) is 55.5 Å². The molecule has 1 fully saturated rings. The molecule has 1 amide bonds. The third-order valence-corrected chi connectivity index (χ3v) is 9.33. The summed E-state index contributed by atoms with van der Waals surface area (Å²) in [6.45, 7) is 1.33. The van der Waals surface area contributed by atoms with Crippen LogP contribution in [0.2, 0.25) is 0 Å². The smallest absolute Gasteiger partial charge is 0.341 e. The van der Waals surface area contributed by atoms with Crippen molar-refractivity contribution in [1.82, 2.24) is 9.21 Å². The average Bonchev–Trinajstić information content (AvgIpc) is 2.99. The van der Waals surface area contributed by atoms with Crippen LogP contribution in [0.5, 0.6) is 0 Å². The van der Waals surface area contributed by atoms with Gasteiger partial charge in [-0.2, -0.15) is 4.31 Å². The van der Waals surface area contributed by atoms with Crippen LogP contribution in [0.1, 0.15) is 40.1 Å². The summed E-state index contributed by atoms with van der Waals surface area (Å²) in [6.07, 6.45) is 4.88. The number of nitrogens with zero attached hydrogens (tertiary/aromatic N) is 2. The number of sulfonamides is 1. The zero-order valence-corrected chi connectivity index (χ0v) is 20.6. The van der Waals surface area contributed by atoms with E-state index in [0.29, 0.717) is 23.7 Å². The number of esters is 1. The molecule has 1 aromatic carbocycles. The van der Waals surface area contributed by atoms with Gasteiger partial charge < -0.3 is 10.1 Å². The second kappa shape index (κ2) is 10.5. The van der Waals surface area contributed by atoms with E-state index in [2.05, 4.69) is 5.32 Å². The number of fused-ring (bicyclic) bond motifs is 1. The molecule has 1 aliphatic heterocycles. The average molecular weight is 510 g/mol. The first-order chi connectivity index (χ1) is 16.3. The minimum absolute atomic E-state index is 0.0490. The van der Waals surface area contributed by atoms with Gasteiger partial charge in [0.2, 0.25) is 15.9 Å². The maximum Gasteiger partial charge on any atom is 0.341 e.